The van der Waals surface area contributed by atoms with E-state index in [-0.39, 0.29) is 5.91 Å². The number of hydrogen-bond acceptors (Lipinski definition) is 3. The fourth-order valence-corrected chi connectivity index (χ4v) is 2.92. The average Bonchev–Trinajstić information content (AvgIpc) is 2.92. The van der Waals surface area contributed by atoms with Crippen LogP contribution in [0.4, 0.5) is 0 Å². The zero-order chi connectivity index (χ0) is 18.0. The highest BCUT2D eigenvalue weighted by atomic mass is 35.5. The third-order valence-electron chi connectivity index (χ3n) is 3.84. The van der Waals surface area contributed by atoms with Crippen LogP contribution in [0.3, 0.4) is 0 Å². The topological polar surface area (TPSA) is 59.3 Å². The third-order valence-corrected chi connectivity index (χ3v) is 4.58. The van der Waals surface area contributed by atoms with Crippen molar-refractivity contribution < 1.29 is 4.79 Å². The first-order chi connectivity index (χ1) is 12.0. The fraction of sp³-hybridized carbons (Fsp3) is 0.167. The van der Waals surface area contributed by atoms with Crippen molar-refractivity contribution in [1.29, 1.82) is 0 Å². The van der Waals surface area contributed by atoms with E-state index < -0.39 is 0 Å². The summed E-state index contributed by atoms with van der Waals surface area (Å²) in [4.78, 5) is 16.7. The van der Waals surface area contributed by atoms with Gasteiger partial charge in [0.2, 0.25) is 0 Å². The van der Waals surface area contributed by atoms with Crippen molar-refractivity contribution in [3.05, 3.63) is 63.4 Å². The van der Waals surface area contributed by atoms with E-state index in [1.165, 1.54) is 6.21 Å². The Morgan fingerprint density at radius 2 is 2.04 bits per heavy atom. The highest BCUT2D eigenvalue weighted by molar-refractivity contribution is 6.42. The molecule has 3 rings (SSSR count). The molecule has 25 heavy (non-hydrogen) atoms. The van der Waals surface area contributed by atoms with Crippen molar-refractivity contribution in [1.82, 2.24) is 15.0 Å². The highest BCUT2D eigenvalue weighted by Gasteiger charge is 2.10. The number of fused-ring (bicyclic) bond motifs is 1. The summed E-state index contributed by atoms with van der Waals surface area (Å²) in [6.45, 7) is 4.85. The van der Waals surface area contributed by atoms with Crippen molar-refractivity contribution >= 4 is 46.4 Å². The monoisotopic (exact) mass is 374 g/mol. The maximum absolute atomic E-state index is 12.3. The minimum Gasteiger partial charge on any atom is -0.329 e. The van der Waals surface area contributed by atoms with Crippen LogP contribution in [0.5, 0.6) is 0 Å². The first kappa shape index (κ1) is 17.5. The smallest absolute Gasteiger partial charge is 0.271 e. The molecule has 1 amide bonds. The average molecular weight is 375 g/mol. The van der Waals surface area contributed by atoms with Crippen LogP contribution >= 0.6 is 23.2 Å². The zero-order valence-electron chi connectivity index (χ0n) is 13.8. The number of hydrogen-bond donors (Lipinski definition) is 1. The van der Waals surface area contributed by atoms with E-state index >= 15 is 0 Å². The van der Waals surface area contributed by atoms with E-state index in [1.54, 1.807) is 30.3 Å². The molecule has 5 nitrogen and oxygen atoms in total. The predicted molar refractivity (Wildman–Crippen MR) is 102 cm³/mol. The van der Waals surface area contributed by atoms with Gasteiger partial charge in [-0.05, 0) is 49.7 Å². The van der Waals surface area contributed by atoms with E-state index in [0.29, 0.717) is 15.6 Å². The van der Waals surface area contributed by atoms with Crippen molar-refractivity contribution in [3.8, 4) is 0 Å². The first-order valence-corrected chi connectivity index (χ1v) is 8.50. The van der Waals surface area contributed by atoms with Crippen LogP contribution in [0.2, 0.25) is 10.0 Å². The third kappa shape index (κ3) is 3.67. The second-order valence-electron chi connectivity index (χ2n) is 5.48. The Bertz CT molecular complexity index is 979. The maximum Gasteiger partial charge on any atom is 0.271 e. The molecule has 3 aromatic rings. The molecule has 1 N–H and O–H groups in total. The summed E-state index contributed by atoms with van der Waals surface area (Å²) in [5, 5.41) is 4.86. The van der Waals surface area contributed by atoms with Gasteiger partial charge in [0.15, 0.2) is 0 Å². The summed E-state index contributed by atoms with van der Waals surface area (Å²) in [6.07, 6.45) is 1.51. The summed E-state index contributed by atoms with van der Waals surface area (Å²) in [7, 11) is 0. The van der Waals surface area contributed by atoms with Crippen LogP contribution in [0.25, 0.3) is 11.0 Å². The highest BCUT2D eigenvalue weighted by Crippen LogP contribution is 2.22. The molecule has 7 heteroatoms. The van der Waals surface area contributed by atoms with Crippen LogP contribution in [0.1, 0.15) is 28.7 Å². The molecule has 0 aliphatic rings. The first-order valence-electron chi connectivity index (χ1n) is 7.75. The van der Waals surface area contributed by atoms with Gasteiger partial charge in [0.05, 0.1) is 27.3 Å². The van der Waals surface area contributed by atoms with Crippen LogP contribution in [0.15, 0.2) is 41.5 Å². The Morgan fingerprint density at radius 3 is 2.76 bits per heavy atom. The number of carbonyl (C=O) groups excluding carboxylic acids is 1. The standard InChI is InChI=1S/C18H16Cl2N4O/c1-3-24-11(2)22-16-9-13(5-7-17(16)24)18(25)23-21-10-12-4-6-14(19)15(20)8-12/h4-10H,3H2,1-2H3,(H,23,25). The van der Waals surface area contributed by atoms with E-state index in [4.69, 9.17) is 23.2 Å². The number of aryl methyl sites for hydroxylation is 2. The van der Waals surface area contributed by atoms with Gasteiger partial charge in [0.1, 0.15) is 5.82 Å². The number of nitrogens with zero attached hydrogens (tertiary/aromatic N) is 3. The summed E-state index contributed by atoms with van der Waals surface area (Å²) in [5.41, 5.74) is 5.54. The molecule has 0 aliphatic carbocycles. The number of hydrazone groups is 1. The Balaban J connectivity index is 1.75. The molecule has 0 atom stereocenters. The van der Waals surface area contributed by atoms with Gasteiger partial charge in [-0.3, -0.25) is 4.79 Å². The number of nitrogens with one attached hydrogen (secondary N) is 1. The Kier molecular flexibility index (Phi) is 5.06. The lowest BCUT2D eigenvalue weighted by atomic mass is 10.2. The van der Waals surface area contributed by atoms with Gasteiger partial charge in [-0.15, -0.1) is 0 Å². The number of amides is 1. The lowest BCUT2D eigenvalue weighted by Crippen LogP contribution is -2.17. The molecule has 0 aliphatic heterocycles. The number of aromatic nitrogens is 2. The van der Waals surface area contributed by atoms with Gasteiger partial charge in [-0.25, -0.2) is 10.4 Å². The van der Waals surface area contributed by atoms with Crippen molar-refractivity contribution in [3.63, 3.8) is 0 Å². The normalized spacial score (nSPS) is 11.4. The van der Waals surface area contributed by atoms with Gasteiger partial charge in [-0.1, -0.05) is 29.3 Å². The molecule has 1 aromatic heterocycles. The Morgan fingerprint density at radius 1 is 1.24 bits per heavy atom. The summed E-state index contributed by atoms with van der Waals surface area (Å²) in [5.74, 6) is 0.620. The number of benzene rings is 2. The van der Waals surface area contributed by atoms with Gasteiger partial charge < -0.3 is 4.57 Å². The maximum atomic E-state index is 12.3. The molecule has 128 valence electrons. The predicted octanol–water partition coefficient (Wildman–Crippen LogP) is 4.44. The molecule has 0 spiro atoms. The minimum absolute atomic E-state index is 0.304. The number of halogens is 2. The van der Waals surface area contributed by atoms with E-state index in [0.717, 1.165) is 29.0 Å². The zero-order valence-corrected chi connectivity index (χ0v) is 15.3. The molecule has 1 heterocycles. The quantitative estimate of drug-likeness (QED) is 0.542. The van der Waals surface area contributed by atoms with E-state index in [2.05, 4.69) is 27.0 Å². The van der Waals surface area contributed by atoms with Gasteiger partial charge >= 0.3 is 0 Å². The van der Waals surface area contributed by atoms with Gasteiger partial charge in [0.25, 0.3) is 5.91 Å². The van der Waals surface area contributed by atoms with Crippen LogP contribution < -0.4 is 5.43 Å². The largest absolute Gasteiger partial charge is 0.329 e. The van der Waals surface area contributed by atoms with Crippen molar-refractivity contribution in [2.45, 2.75) is 20.4 Å². The molecular weight excluding hydrogens is 359 g/mol. The lowest BCUT2D eigenvalue weighted by molar-refractivity contribution is 0.0955. The fourth-order valence-electron chi connectivity index (χ4n) is 2.61. The molecule has 0 radical (unpaired) electrons. The molecule has 0 saturated carbocycles. The van der Waals surface area contributed by atoms with Gasteiger partial charge in [-0.2, -0.15) is 5.10 Å². The van der Waals surface area contributed by atoms with Crippen LogP contribution in [0, 0.1) is 6.92 Å². The van der Waals surface area contributed by atoms with Crippen molar-refractivity contribution in [2.75, 3.05) is 0 Å². The molecule has 0 saturated heterocycles. The second kappa shape index (κ2) is 7.25. The van der Waals surface area contributed by atoms with Crippen LogP contribution in [-0.4, -0.2) is 21.7 Å². The van der Waals surface area contributed by atoms with Crippen molar-refractivity contribution in [2.24, 2.45) is 5.10 Å². The van der Waals surface area contributed by atoms with E-state index in [9.17, 15) is 4.79 Å². The Labute approximate surface area is 155 Å². The summed E-state index contributed by atoms with van der Waals surface area (Å²) in [6, 6.07) is 10.5. The summed E-state index contributed by atoms with van der Waals surface area (Å²) >= 11 is 11.8. The second-order valence-corrected chi connectivity index (χ2v) is 6.29. The number of rotatable bonds is 4. The molecule has 0 bridgehead atoms. The molecule has 2 aromatic carbocycles. The molecule has 0 unspecified atom stereocenters. The SMILES string of the molecule is CCn1c(C)nc2cc(C(=O)NN=Cc3ccc(Cl)c(Cl)c3)ccc21. The molecule has 0 fully saturated rings. The van der Waals surface area contributed by atoms with Crippen LogP contribution in [-0.2, 0) is 6.54 Å². The van der Waals surface area contributed by atoms with Gasteiger partial charge in [0, 0.05) is 12.1 Å². The lowest BCUT2D eigenvalue weighted by Gasteiger charge is -2.03. The summed E-state index contributed by atoms with van der Waals surface area (Å²) < 4.78 is 2.10. The van der Waals surface area contributed by atoms with E-state index in [1.807, 2.05) is 13.0 Å². The molecular formula is C18H16Cl2N4O. The number of carbonyl (C=O) groups is 1. The minimum atomic E-state index is -0.304. The number of imidazole rings is 1. The Hall–Kier alpha value is -2.37.